The smallest absolute Gasteiger partial charge is 0.321 e. The lowest BCUT2D eigenvalue weighted by atomic mass is 10.0. The maximum Gasteiger partial charge on any atom is 0.321 e. The molecule has 1 aromatic carbocycles. The normalized spacial score (nSPS) is 28.9. The Labute approximate surface area is 113 Å². The van der Waals surface area contributed by atoms with E-state index in [9.17, 15) is 4.79 Å². The van der Waals surface area contributed by atoms with Crippen LogP contribution in [0.1, 0.15) is 18.5 Å². The Balaban J connectivity index is 2.17. The molecule has 3 atom stereocenters. The van der Waals surface area contributed by atoms with E-state index in [0.29, 0.717) is 11.0 Å². The fourth-order valence-corrected chi connectivity index (χ4v) is 3.35. The summed E-state index contributed by atoms with van der Waals surface area (Å²) in [6, 6.07) is 7.68. The number of nitrogens with one attached hydrogen (secondary N) is 1. The highest BCUT2D eigenvalue weighted by Crippen LogP contribution is 2.32. The van der Waals surface area contributed by atoms with Crippen LogP contribution in [0.3, 0.4) is 0 Å². The molecule has 1 aliphatic heterocycles. The molecule has 1 saturated heterocycles. The van der Waals surface area contributed by atoms with Gasteiger partial charge in [-0.3, -0.25) is 10.1 Å². The van der Waals surface area contributed by atoms with Gasteiger partial charge in [-0.25, -0.2) is 0 Å². The molecule has 0 spiro atoms. The van der Waals surface area contributed by atoms with Crippen LogP contribution in [-0.2, 0) is 4.79 Å². The van der Waals surface area contributed by atoms with Gasteiger partial charge < -0.3 is 5.11 Å². The molecule has 0 amide bonds. The van der Waals surface area contributed by atoms with E-state index in [2.05, 4.69) is 28.2 Å². The van der Waals surface area contributed by atoms with Crippen LogP contribution in [-0.4, -0.2) is 28.1 Å². The number of benzene rings is 1. The van der Waals surface area contributed by atoms with Crippen molar-refractivity contribution in [2.45, 2.75) is 24.3 Å². The fourth-order valence-electron chi connectivity index (χ4n) is 1.92. The third-order valence-corrected chi connectivity index (χ3v) is 4.76. The first-order valence-corrected chi connectivity index (χ1v) is 7.28. The number of hydrogen-bond donors (Lipinski definition) is 2. The number of carboxylic acid groups (broad SMARTS) is 1. The van der Waals surface area contributed by atoms with Gasteiger partial charge in [-0.1, -0.05) is 35.0 Å². The Morgan fingerprint density at radius 1 is 1.47 bits per heavy atom. The van der Waals surface area contributed by atoms with Gasteiger partial charge >= 0.3 is 5.97 Å². The number of halogens is 1. The highest BCUT2D eigenvalue weighted by molar-refractivity contribution is 9.10. The Morgan fingerprint density at radius 3 is 2.71 bits per heavy atom. The van der Waals surface area contributed by atoms with Gasteiger partial charge in [0.05, 0.1) is 0 Å². The van der Waals surface area contributed by atoms with Gasteiger partial charge in [0.15, 0.2) is 0 Å². The molecule has 0 saturated carbocycles. The summed E-state index contributed by atoms with van der Waals surface area (Å²) in [5.74, 6) is -0.143. The first kappa shape index (κ1) is 12.9. The SMILES string of the molecule is CC1SCC(C(=O)O)NC1c1ccc(Br)cc1. The zero-order valence-corrected chi connectivity index (χ0v) is 11.8. The van der Waals surface area contributed by atoms with Crippen LogP contribution in [0.4, 0.5) is 0 Å². The van der Waals surface area contributed by atoms with Gasteiger partial charge in [-0.2, -0.15) is 11.8 Å². The van der Waals surface area contributed by atoms with E-state index in [0.717, 1.165) is 10.0 Å². The molecule has 0 bridgehead atoms. The van der Waals surface area contributed by atoms with Crippen molar-refractivity contribution in [3.05, 3.63) is 34.3 Å². The quantitative estimate of drug-likeness (QED) is 0.881. The lowest BCUT2D eigenvalue weighted by molar-refractivity contribution is -0.139. The number of thioether (sulfide) groups is 1. The van der Waals surface area contributed by atoms with E-state index < -0.39 is 12.0 Å². The lowest BCUT2D eigenvalue weighted by Gasteiger charge is -2.33. The molecular weight excluding hydrogens is 302 g/mol. The third kappa shape index (κ3) is 3.03. The fraction of sp³-hybridized carbons (Fsp3) is 0.417. The van der Waals surface area contributed by atoms with Crippen LogP contribution >= 0.6 is 27.7 Å². The molecule has 1 aliphatic rings. The van der Waals surface area contributed by atoms with E-state index in [1.54, 1.807) is 11.8 Å². The largest absolute Gasteiger partial charge is 0.480 e. The van der Waals surface area contributed by atoms with E-state index >= 15 is 0 Å². The van der Waals surface area contributed by atoms with Crippen molar-refractivity contribution >= 4 is 33.7 Å². The highest BCUT2D eigenvalue weighted by atomic mass is 79.9. The van der Waals surface area contributed by atoms with Gasteiger partial charge in [0.2, 0.25) is 0 Å². The van der Waals surface area contributed by atoms with Gasteiger partial charge in [0, 0.05) is 21.5 Å². The van der Waals surface area contributed by atoms with E-state index in [4.69, 9.17) is 5.11 Å². The topological polar surface area (TPSA) is 49.3 Å². The molecule has 3 nitrogen and oxygen atoms in total. The van der Waals surface area contributed by atoms with E-state index in [-0.39, 0.29) is 6.04 Å². The average Bonchev–Trinajstić information content (AvgIpc) is 2.31. The molecule has 2 rings (SSSR count). The first-order chi connectivity index (χ1) is 8.08. The van der Waals surface area contributed by atoms with E-state index in [1.807, 2.05) is 24.3 Å². The van der Waals surface area contributed by atoms with Crippen LogP contribution in [0.15, 0.2) is 28.7 Å². The van der Waals surface area contributed by atoms with Gasteiger partial charge in [0.25, 0.3) is 0 Å². The zero-order valence-electron chi connectivity index (χ0n) is 9.39. The number of hydrogen-bond acceptors (Lipinski definition) is 3. The maximum absolute atomic E-state index is 11.0. The second-order valence-corrected chi connectivity index (χ2v) is 6.45. The molecular formula is C12H14BrNO2S. The second-order valence-electron chi connectivity index (χ2n) is 4.13. The minimum absolute atomic E-state index is 0.1000. The van der Waals surface area contributed by atoms with Crippen LogP contribution in [0.25, 0.3) is 0 Å². The number of carboxylic acids is 1. The molecule has 5 heteroatoms. The number of aliphatic carboxylic acids is 1. The minimum atomic E-state index is -0.772. The lowest BCUT2D eigenvalue weighted by Crippen LogP contribution is -2.47. The molecule has 0 aliphatic carbocycles. The Kier molecular flexibility index (Phi) is 4.12. The summed E-state index contributed by atoms with van der Waals surface area (Å²) < 4.78 is 1.03. The van der Waals surface area contributed by atoms with Gasteiger partial charge in [-0.05, 0) is 17.7 Å². The predicted molar refractivity (Wildman–Crippen MR) is 73.4 cm³/mol. The van der Waals surface area contributed by atoms with Gasteiger partial charge in [0.1, 0.15) is 6.04 Å². The van der Waals surface area contributed by atoms with Crippen molar-refractivity contribution in [2.24, 2.45) is 0 Å². The van der Waals surface area contributed by atoms with Crippen LogP contribution < -0.4 is 5.32 Å². The summed E-state index contributed by atoms with van der Waals surface area (Å²) in [5, 5.41) is 12.6. The third-order valence-electron chi connectivity index (χ3n) is 2.90. The zero-order chi connectivity index (χ0) is 12.4. The standard InChI is InChI=1S/C12H14BrNO2S/c1-7-11(8-2-4-9(13)5-3-8)14-10(6-17-7)12(15)16/h2-5,7,10-11,14H,6H2,1H3,(H,15,16). The maximum atomic E-state index is 11.0. The predicted octanol–water partition coefficient (Wildman–Crippen LogP) is 2.67. The molecule has 17 heavy (non-hydrogen) atoms. The van der Waals surface area contributed by atoms with Crippen LogP contribution in [0.5, 0.6) is 0 Å². The molecule has 1 fully saturated rings. The molecule has 0 radical (unpaired) electrons. The molecule has 3 unspecified atom stereocenters. The number of rotatable bonds is 2. The monoisotopic (exact) mass is 315 g/mol. The van der Waals surface area contributed by atoms with Crippen molar-refractivity contribution in [3.8, 4) is 0 Å². The molecule has 1 heterocycles. The van der Waals surface area contributed by atoms with Gasteiger partial charge in [-0.15, -0.1) is 0 Å². The average molecular weight is 316 g/mol. The molecule has 2 N–H and O–H groups in total. The Morgan fingerprint density at radius 2 is 2.12 bits per heavy atom. The summed E-state index contributed by atoms with van der Waals surface area (Å²) in [7, 11) is 0. The Hall–Kier alpha value is -0.520. The summed E-state index contributed by atoms with van der Waals surface area (Å²) in [6.07, 6.45) is 0. The second kappa shape index (κ2) is 5.42. The van der Waals surface area contributed by atoms with Crippen molar-refractivity contribution in [1.82, 2.24) is 5.32 Å². The van der Waals surface area contributed by atoms with Crippen LogP contribution in [0.2, 0.25) is 0 Å². The molecule has 1 aromatic rings. The van der Waals surface area contributed by atoms with Crippen molar-refractivity contribution < 1.29 is 9.90 Å². The summed E-state index contributed by atoms with van der Waals surface area (Å²) in [5.41, 5.74) is 1.14. The molecule has 0 aromatic heterocycles. The molecule has 92 valence electrons. The van der Waals surface area contributed by atoms with Crippen LogP contribution in [0, 0.1) is 0 Å². The van der Waals surface area contributed by atoms with Crippen molar-refractivity contribution in [3.63, 3.8) is 0 Å². The highest BCUT2D eigenvalue weighted by Gasteiger charge is 2.32. The van der Waals surface area contributed by atoms with Crippen molar-refractivity contribution in [1.29, 1.82) is 0 Å². The number of carbonyl (C=O) groups is 1. The summed E-state index contributed by atoms with van der Waals surface area (Å²) in [4.78, 5) is 11.0. The first-order valence-electron chi connectivity index (χ1n) is 5.44. The minimum Gasteiger partial charge on any atom is -0.480 e. The van der Waals surface area contributed by atoms with Crippen molar-refractivity contribution in [2.75, 3.05) is 5.75 Å². The van der Waals surface area contributed by atoms with E-state index in [1.165, 1.54) is 0 Å². The summed E-state index contributed by atoms with van der Waals surface area (Å²) in [6.45, 7) is 2.13. The summed E-state index contributed by atoms with van der Waals surface area (Å²) >= 11 is 5.11. The Bertz CT molecular complexity index is 409.